The second-order valence-electron chi connectivity index (χ2n) is 8.88. The van der Waals surface area contributed by atoms with Gasteiger partial charge >= 0.3 is 17.6 Å². The van der Waals surface area contributed by atoms with E-state index >= 15 is 0 Å². The van der Waals surface area contributed by atoms with E-state index in [0.717, 1.165) is 18.6 Å². The highest BCUT2D eigenvalue weighted by atomic mass is 19.1. The number of nitrogens with one attached hydrogen (secondary N) is 1. The number of H-pyrrole nitrogens is 1. The molecule has 4 rings (SSSR count). The average molecular weight is 483 g/mol. The van der Waals surface area contributed by atoms with Gasteiger partial charge in [-0.2, -0.15) is 4.98 Å². The van der Waals surface area contributed by atoms with Crippen molar-refractivity contribution in [2.45, 2.75) is 58.5 Å². The fraction of sp³-hybridized carbons (Fsp3) is 0.400. The van der Waals surface area contributed by atoms with E-state index in [2.05, 4.69) is 15.1 Å². The number of carbonyl (C=O) groups is 1. The van der Waals surface area contributed by atoms with Crippen LogP contribution in [-0.2, 0) is 16.0 Å². The van der Waals surface area contributed by atoms with Gasteiger partial charge in [-0.1, -0.05) is 17.3 Å². The van der Waals surface area contributed by atoms with Crippen molar-refractivity contribution in [3.63, 3.8) is 0 Å². The first-order valence-corrected chi connectivity index (χ1v) is 11.5. The zero-order valence-electron chi connectivity index (χ0n) is 19.5. The third kappa shape index (κ3) is 6.40. The maximum atomic E-state index is 13.5. The molecule has 1 aliphatic carbocycles. The molecule has 0 spiro atoms. The monoisotopic (exact) mass is 483 g/mol. The Balaban J connectivity index is 1.46. The lowest BCUT2D eigenvalue weighted by Crippen LogP contribution is -2.20. The van der Waals surface area contributed by atoms with Crippen molar-refractivity contribution in [3.8, 4) is 6.01 Å². The summed E-state index contributed by atoms with van der Waals surface area (Å²) in [5.41, 5.74) is 0.304. The number of hydrogen-bond donors (Lipinski definition) is 1. The first-order valence-electron chi connectivity index (χ1n) is 11.5. The van der Waals surface area contributed by atoms with Gasteiger partial charge in [-0.05, 0) is 75.1 Å². The summed E-state index contributed by atoms with van der Waals surface area (Å²) >= 11 is 0. The summed E-state index contributed by atoms with van der Waals surface area (Å²) in [6.07, 6.45) is 3.23. The lowest BCUT2D eigenvalue weighted by atomic mass is 9.86. The number of fused-ring (bicyclic) bond motifs is 1. The SMILES string of the molecule is CC(C)OC(=O)CC1CCC(=NOc2nc3oc(=O)cc(Cc4cccc(F)c4)c3c(=O)[nH]2)CC1. The fourth-order valence-electron chi connectivity index (χ4n) is 4.14. The predicted octanol–water partition coefficient (Wildman–Crippen LogP) is 3.87. The number of aromatic amines is 1. The van der Waals surface area contributed by atoms with Gasteiger partial charge in [0, 0.05) is 12.5 Å². The number of hydrogen-bond acceptors (Lipinski definition) is 8. The van der Waals surface area contributed by atoms with Crippen LogP contribution in [-0.4, -0.2) is 27.8 Å². The van der Waals surface area contributed by atoms with Crippen LogP contribution in [0.2, 0.25) is 0 Å². The summed E-state index contributed by atoms with van der Waals surface area (Å²) in [6.45, 7) is 3.64. The number of rotatable bonds is 7. The second-order valence-corrected chi connectivity index (χ2v) is 8.88. The summed E-state index contributed by atoms with van der Waals surface area (Å²) in [5, 5.41) is 4.18. The van der Waals surface area contributed by atoms with Crippen LogP contribution in [0.5, 0.6) is 6.01 Å². The topological polar surface area (TPSA) is 124 Å². The lowest BCUT2D eigenvalue weighted by Gasteiger charge is -2.22. The molecular weight excluding hydrogens is 457 g/mol. The zero-order chi connectivity index (χ0) is 24.9. The maximum Gasteiger partial charge on any atom is 0.337 e. The smallest absolute Gasteiger partial charge is 0.337 e. The number of benzene rings is 1. The molecule has 0 saturated heterocycles. The van der Waals surface area contributed by atoms with E-state index in [4.69, 9.17) is 14.0 Å². The molecule has 184 valence electrons. The quantitative estimate of drug-likeness (QED) is 0.400. The zero-order valence-corrected chi connectivity index (χ0v) is 19.5. The predicted molar refractivity (Wildman–Crippen MR) is 126 cm³/mol. The van der Waals surface area contributed by atoms with E-state index in [-0.39, 0.29) is 41.5 Å². The van der Waals surface area contributed by atoms with Gasteiger partial charge in [0.2, 0.25) is 5.71 Å². The Kier molecular flexibility index (Phi) is 7.38. The number of halogens is 1. The minimum Gasteiger partial charge on any atom is -0.463 e. The number of carbonyl (C=O) groups excluding carboxylic acids is 1. The third-order valence-corrected chi connectivity index (χ3v) is 5.72. The normalized spacial score (nSPS) is 15.9. The minimum atomic E-state index is -0.686. The molecule has 1 aliphatic rings. The molecule has 0 radical (unpaired) electrons. The Morgan fingerprint density at radius 3 is 2.74 bits per heavy atom. The van der Waals surface area contributed by atoms with Gasteiger partial charge in [-0.25, -0.2) is 9.18 Å². The molecular formula is C25H26FN3O6. The Bertz CT molecular complexity index is 1370. The van der Waals surface area contributed by atoms with E-state index in [1.807, 2.05) is 13.8 Å². The van der Waals surface area contributed by atoms with Crippen molar-refractivity contribution in [1.82, 2.24) is 9.97 Å². The van der Waals surface area contributed by atoms with Crippen LogP contribution in [0.3, 0.4) is 0 Å². The summed E-state index contributed by atoms with van der Waals surface area (Å²) in [5.74, 6) is -0.386. The molecule has 9 nitrogen and oxygen atoms in total. The number of esters is 1. The standard InChI is InChI=1S/C25H26FN3O6/c1-14(2)33-20(30)12-15-6-8-19(9-7-15)29-35-25-27-23(32)22-17(13-21(31)34-24(22)28-25)10-16-4-3-5-18(26)11-16/h3-5,11,13-15H,6-10,12H2,1-2H3,(H,27,28,32). The van der Waals surface area contributed by atoms with Gasteiger partial charge in [-0.15, -0.1) is 0 Å². The highest BCUT2D eigenvalue weighted by molar-refractivity contribution is 5.85. The van der Waals surface area contributed by atoms with Crippen LogP contribution >= 0.6 is 0 Å². The van der Waals surface area contributed by atoms with Crippen LogP contribution < -0.4 is 16.0 Å². The first-order chi connectivity index (χ1) is 16.8. The van der Waals surface area contributed by atoms with Gasteiger partial charge in [0.1, 0.15) is 11.2 Å². The van der Waals surface area contributed by atoms with Crippen LogP contribution in [0, 0.1) is 11.7 Å². The van der Waals surface area contributed by atoms with E-state index in [1.54, 1.807) is 12.1 Å². The molecule has 1 N–H and O–H groups in total. The summed E-state index contributed by atoms with van der Waals surface area (Å²) in [6, 6.07) is 6.88. The molecule has 0 aliphatic heterocycles. The van der Waals surface area contributed by atoms with Crippen molar-refractivity contribution in [2.75, 3.05) is 0 Å². The van der Waals surface area contributed by atoms with Crippen molar-refractivity contribution >= 4 is 22.8 Å². The number of ether oxygens (including phenoxy) is 1. The molecule has 3 aromatic rings. The van der Waals surface area contributed by atoms with E-state index in [1.165, 1.54) is 18.2 Å². The first kappa shape index (κ1) is 24.3. The second kappa shape index (κ2) is 10.6. The molecule has 0 bridgehead atoms. The highest BCUT2D eigenvalue weighted by Crippen LogP contribution is 2.26. The van der Waals surface area contributed by atoms with Crippen LogP contribution in [0.1, 0.15) is 57.1 Å². The summed E-state index contributed by atoms with van der Waals surface area (Å²) in [7, 11) is 0. The molecule has 0 atom stereocenters. The molecule has 1 saturated carbocycles. The van der Waals surface area contributed by atoms with E-state index < -0.39 is 17.0 Å². The van der Waals surface area contributed by atoms with Crippen molar-refractivity contribution < 1.29 is 23.2 Å². The Morgan fingerprint density at radius 2 is 2.03 bits per heavy atom. The Morgan fingerprint density at radius 1 is 1.26 bits per heavy atom. The average Bonchev–Trinajstić information content (AvgIpc) is 2.77. The van der Waals surface area contributed by atoms with Gasteiger partial charge < -0.3 is 14.0 Å². The molecule has 1 aromatic carbocycles. The van der Waals surface area contributed by atoms with Gasteiger partial charge in [-0.3, -0.25) is 14.6 Å². The molecule has 10 heteroatoms. The number of oxime groups is 1. The number of aromatic nitrogens is 2. The van der Waals surface area contributed by atoms with Crippen molar-refractivity contribution in [1.29, 1.82) is 0 Å². The number of nitrogens with zero attached hydrogens (tertiary/aromatic N) is 2. The molecule has 1 fully saturated rings. The van der Waals surface area contributed by atoms with Gasteiger partial charge in [0.25, 0.3) is 5.56 Å². The largest absolute Gasteiger partial charge is 0.463 e. The van der Waals surface area contributed by atoms with E-state index in [0.29, 0.717) is 30.4 Å². The Hall–Kier alpha value is -3.82. The molecule has 2 aromatic heterocycles. The summed E-state index contributed by atoms with van der Waals surface area (Å²) < 4.78 is 23.9. The summed E-state index contributed by atoms with van der Waals surface area (Å²) in [4.78, 5) is 48.6. The highest BCUT2D eigenvalue weighted by Gasteiger charge is 2.22. The van der Waals surface area contributed by atoms with Crippen molar-refractivity contribution in [2.24, 2.45) is 11.1 Å². The minimum absolute atomic E-state index is 0.0858. The molecule has 0 amide bonds. The van der Waals surface area contributed by atoms with Gasteiger partial charge in [0.15, 0.2) is 0 Å². The van der Waals surface area contributed by atoms with E-state index in [9.17, 15) is 18.8 Å². The molecule has 2 heterocycles. The lowest BCUT2D eigenvalue weighted by molar-refractivity contribution is -0.148. The maximum absolute atomic E-state index is 13.5. The van der Waals surface area contributed by atoms with Crippen molar-refractivity contribution in [3.05, 3.63) is 68.0 Å². The molecule has 0 unspecified atom stereocenters. The Labute approximate surface area is 200 Å². The fourth-order valence-corrected chi connectivity index (χ4v) is 4.14. The molecule has 35 heavy (non-hydrogen) atoms. The van der Waals surface area contributed by atoms with Crippen LogP contribution in [0.25, 0.3) is 11.1 Å². The third-order valence-electron chi connectivity index (χ3n) is 5.72. The van der Waals surface area contributed by atoms with Crippen LogP contribution in [0.4, 0.5) is 4.39 Å². The van der Waals surface area contributed by atoms with Gasteiger partial charge in [0.05, 0.1) is 11.8 Å². The van der Waals surface area contributed by atoms with Crippen LogP contribution in [0.15, 0.2) is 49.5 Å².